The summed E-state index contributed by atoms with van der Waals surface area (Å²) in [5.74, 6) is -2.11. The Labute approximate surface area is 299 Å². The SMILES string of the molecule is Cc1c(C(=O)O)c(-c2cccc(N3CCN(c4ccc(NS(=O)(=O)c5ccc(F)c([N+](=O)[O-])c5)cc4)CC3)c2)c(-c2ccc(Cl)cc2)n1C(C)C. The predicted molar refractivity (Wildman–Crippen MR) is 197 cm³/mol. The Kier molecular flexibility index (Phi) is 9.78. The molecule has 1 aromatic heterocycles. The van der Waals surface area contributed by atoms with Crippen LogP contribution in [0.15, 0.2) is 95.9 Å². The van der Waals surface area contributed by atoms with Crippen LogP contribution >= 0.6 is 11.6 Å². The molecule has 2 N–H and O–H groups in total. The first-order chi connectivity index (χ1) is 24.2. The molecule has 0 amide bonds. The van der Waals surface area contributed by atoms with E-state index >= 15 is 0 Å². The average Bonchev–Trinajstić information content (AvgIpc) is 3.42. The van der Waals surface area contributed by atoms with E-state index in [4.69, 9.17) is 11.6 Å². The Hall–Kier alpha value is -5.40. The van der Waals surface area contributed by atoms with Crippen LogP contribution in [0.2, 0.25) is 5.02 Å². The number of aromatic carboxylic acids is 1. The highest BCUT2D eigenvalue weighted by Gasteiger charge is 2.29. The second kappa shape index (κ2) is 14.1. The Morgan fingerprint density at radius 2 is 1.53 bits per heavy atom. The lowest BCUT2D eigenvalue weighted by molar-refractivity contribution is -0.387. The fraction of sp³-hybridized carbons (Fsp3) is 0.216. The summed E-state index contributed by atoms with van der Waals surface area (Å²) >= 11 is 6.21. The first-order valence-corrected chi connectivity index (χ1v) is 18.0. The molecule has 0 atom stereocenters. The number of halogens is 2. The maximum Gasteiger partial charge on any atom is 0.338 e. The first kappa shape index (κ1) is 35.4. The minimum atomic E-state index is -4.20. The van der Waals surface area contributed by atoms with Crippen molar-refractivity contribution in [3.63, 3.8) is 0 Å². The summed E-state index contributed by atoms with van der Waals surface area (Å²) in [5, 5.41) is 22.1. The monoisotopic (exact) mass is 731 g/mol. The molecule has 11 nitrogen and oxygen atoms in total. The lowest BCUT2D eigenvalue weighted by Crippen LogP contribution is -2.46. The molecule has 1 fully saturated rings. The number of carbonyl (C=O) groups is 1. The minimum absolute atomic E-state index is 0.00631. The van der Waals surface area contributed by atoms with Crippen molar-refractivity contribution in [1.82, 2.24) is 4.57 Å². The van der Waals surface area contributed by atoms with Crippen molar-refractivity contribution in [2.75, 3.05) is 40.7 Å². The van der Waals surface area contributed by atoms with Crippen molar-refractivity contribution in [3.8, 4) is 22.4 Å². The molecule has 1 saturated heterocycles. The van der Waals surface area contributed by atoms with E-state index in [2.05, 4.69) is 19.1 Å². The standard InChI is InChI=1S/C37H35ClFN5O6S/c1-23(2)43-24(3)34(37(45)46)35(36(43)25-7-9-27(38)10-8-25)26-5-4-6-30(21-26)42-19-17-41(18-20-42)29-13-11-28(12-14-29)40-51(49,50)31-15-16-32(39)33(22-31)44(47)48/h4-16,21-23,40H,17-20H2,1-3H3,(H,45,46). The van der Waals surface area contributed by atoms with Gasteiger partial charge in [0.05, 0.1) is 21.1 Å². The second-order valence-corrected chi connectivity index (χ2v) is 14.6. The van der Waals surface area contributed by atoms with Gasteiger partial charge in [-0.1, -0.05) is 35.9 Å². The number of rotatable bonds is 10. The summed E-state index contributed by atoms with van der Waals surface area (Å²) < 4.78 is 43.9. The van der Waals surface area contributed by atoms with Gasteiger partial charge in [-0.25, -0.2) is 13.2 Å². The number of benzene rings is 4. The molecule has 1 aliphatic heterocycles. The van der Waals surface area contributed by atoms with Crippen molar-refractivity contribution < 1.29 is 27.6 Å². The molecule has 0 bridgehead atoms. The first-order valence-electron chi connectivity index (χ1n) is 16.2. The van der Waals surface area contributed by atoms with E-state index in [-0.39, 0.29) is 17.3 Å². The number of anilines is 3. The molecule has 0 unspecified atom stereocenters. The lowest BCUT2D eigenvalue weighted by Gasteiger charge is -2.37. The maximum atomic E-state index is 13.7. The number of hydrogen-bond acceptors (Lipinski definition) is 7. The number of carboxylic acid groups (broad SMARTS) is 1. The zero-order valence-corrected chi connectivity index (χ0v) is 29.6. The van der Waals surface area contributed by atoms with Gasteiger partial charge in [0, 0.05) is 71.6 Å². The van der Waals surface area contributed by atoms with Gasteiger partial charge in [0.2, 0.25) is 5.82 Å². The fourth-order valence-corrected chi connectivity index (χ4v) is 7.83. The molecule has 264 valence electrons. The van der Waals surface area contributed by atoms with Crippen LogP contribution in [0, 0.1) is 22.9 Å². The molecule has 5 aromatic rings. The van der Waals surface area contributed by atoms with Crippen molar-refractivity contribution in [2.24, 2.45) is 0 Å². The van der Waals surface area contributed by atoms with Gasteiger partial charge in [-0.3, -0.25) is 14.8 Å². The summed E-state index contributed by atoms with van der Waals surface area (Å²) in [5.41, 5.74) is 5.26. The van der Waals surface area contributed by atoms with E-state index in [1.165, 1.54) is 0 Å². The van der Waals surface area contributed by atoms with Crippen molar-refractivity contribution >= 4 is 50.3 Å². The van der Waals surface area contributed by atoms with Crippen LogP contribution in [-0.4, -0.2) is 55.2 Å². The average molecular weight is 732 g/mol. The normalized spacial score (nSPS) is 13.5. The molecule has 51 heavy (non-hydrogen) atoms. The summed E-state index contributed by atoms with van der Waals surface area (Å²) in [7, 11) is -4.20. The van der Waals surface area contributed by atoms with Crippen molar-refractivity contribution in [3.05, 3.63) is 123 Å². The van der Waals surface area contributed by atoms with Crippen LogP contribution in [0.3, 0.4) is 0 Å². The highest BCUT2D eigenvalue weighted by Crippen LogP contribution is 2.42. The van der Waals surface area contributed by atoms with Crippen LogP contribution < -0.4 is 14.5 Å². The number of piperazine rings is 1. The molecule has 4 aromatic carbocycles. The lowest BCUT2D eigenvalue weighted by atomic mass is 9.96. The van der Waals surface area contributed by atoms with Gasteiger partial charge in [0.1, 0.15) is 0 Å². The number of aromatic nitrogens is 1. The number of hydrogen-bond donors (Lipinski definition) is 2. The zero-order chi connectivity index (χ0) is 36.6. The van der Waals surface area contributed by atoms with E-state index in [1.807, 2.05) is 57.2 Å². The summed E-state index contributed by atoms with van der Waals surface area (Å²) in [4.78, 5) is 26.8. The van der Waals surface area contributed by atoms with Gasteiger partial charge in [-0.05, 0) is 92.6 Å². The van der Waals surface area contributed by atoms with Crippen LogP contribution in [0.4, 0.5) is 27.1 Å². The molecule has 0 aliphatic carbocycles. The smallest absolute Gasteiger partial charge is 0.338 e. The molecule has 0 spiro atoms. The van der Waals surface area contributed by atoms with Crippen molar-refractivity contribution in [2.45, 2.75) is 31.7 Å². The number of carboxylic acids is 1. The van der Waals surface area contributed by atoms with Crippen molar-refractivity contribution in [1.29, 1.82) is 0 Å². The summed E-state index contributed by atoms with van der Waals surface area (Å²) in [6, 6.07) is 24.6. The van der Waals surface area contributed by atoms with Crippen LogP contribution in [0.5, 0.6) is 0 Å². The third-order valence-corrected chi connectivity index (χ3v) is 10.6. The van der Waals surface area contributed by atoms with E-state index in [9.17, 15) is 32.8 Å². The Bertz CT molecular complexity index is 2230. The van der Waals surface area contributed by atoms with Crippen LogP contribution in [-0.2, 0) is 10.0 Å². The minimum Gasteiger partial charge on any atom is -0.478 e. The molecule has 0 radical (unpaired) electrons. The number of nitrogens with one attached hydrogen (secondary N) is 1. The maximum absolute atomic E-state index is 13.7. The van der Waals surface area contributed by atoms with Gasteiger partial charge < -0.3 is 19.5 Å². The molecular formula is C37H35ClFN5O6S. The quantitative estimate of drug-likeness (QED) is 0.108. The molecule has 2 heterocycles. The second-order valence-electron chi connectivity index (χ2n) is 12.5. The van der Waals surface area contributed by atoms with E-state index in [0.29, 0.717) is 48.5 Å². The Balaban J connectivity index is 1.20. The summed E-state index contributed by atoms with van der Waals surface area (Å²) in [6.07, 6.45) is 0. The van der Waals surface area contributed by atoms with E-state index in [1.54, 1.807) is 36.4 Å². The molecule has 14 heteroatoms. The highest BCUT2D eigenvalue weighted by molar-refractivity contribution is 7.92. The highest BCUT2D eigenvalue weighted by atomic mass is 35.5. The van der Waals surface area contributed by atoms with Gasteiger partial charge in [-0.15, -0.1) is 0 Å². The Morgan fingerprint density at radius 3 is 2.12 bits per heavy atom. The zero-order valence-electron chi connectivity index (χ0n) is 28.0. The van der Waals surface area contributed by atoms with Gasteiger partial charge in [0.25, 0.3) is 10.0 Å². The molecule has 0 saturated carbocycles. The van der Waals surface area contributed by atoms with Gasteiger partial charge in [0.15, 0.2) is 0 Å². The summed E-state index contributed by atoms with van der Waals surface area (Å²) in [6.45, 7) is 8.63. The van der Waals surface area contributed by atoms with Crippen LogP contribution in [0.25, 0.3) is 22.4 Å². The Morgan fingerprint density at radius 1 is 0.902 bits per heavy atom. The molecule has 6 rings (SSSR count). The topological polar surface area (TPSA) is 138 Å². The molecule has 1 aliphatic rings. The van der Waals surface area contributed by atoms with E-state index in [0.717, 1.165) is 40.3 Å². The van der Waals surface area contributed by atoms with E-state index < -0.39 is 37.3 Å². The fourth-order valence-electron chi connectivity index (χ4n) is 6.62. The predicted octanol–water partition coefficient (Wildman–Crippen LogP) is 8.24. The third-order valence-electron chi connectivity index (χ3n) is 8.99. The number of nitro benzene ring substituents is 1. The van der Waals surface area contributed by atoms with Crippen LogP contribution in [0.1, 0.15) is 35.9 Å². The number of nitro groups is 1. The number of sulfonamides is 1. The molecular weight excluding hydrogens is 697 g/mol. The van der Waals surface area contributed by atoms with Gasteiger partial charge >= 0.3 is 11.7 Å². The third kappa shape index (κ3) is 7.12. The largest absolute Gasteiger partial charge is 0.478 e. The van der Waals surface area contributed by atoms with Gasteiger partial charge in [-0.2, -0.15) is 4.39 Å². The number of nitrogens with zero attached hydrogens (tertiary/aromatic N) is 4.